The molecule has 1 aromatic rings. The number of nitrogens with one attached hydrogen (secondary N) is 2. The van der Waals surface area contributed by atoms with Gasteiger partial charge in [-0.2, -0.15) is 0 Å². The Kier molecular flexibility index (Phi) is 5.35. The average Bonchev–Trinajstić information content (AvgIpc) is 2.35. The van der Waals surface area contributed by atoms with E-state index in [-0.39, 0.29) is 0 Å². The van der Waals surface area contributed by atoms with E-state index in [1.54, 1.807) is 20.8 Å². The molecule has 1 rings (SSSR count). The average molecular weight is 292 g/mol. The fourth-order valence-corrected chi connectivity index (χ4v) is 1.90. The van der Waals surface area contributed by atoms with Crippen LogP contribution in [0.2, 0.25) is 0 Å². The first-order chi connectivity index (χ1) is 9.61. The molecule has 0 aliphatic heterocycles. The van der Waals surface area contributed by atoms with Gasteiger partial charge in [0.2, 0.25) is 0 Å². The van der Waals surface area contributed by atoms with Gasteiger partial charge < -0.3 is 15.7 Å². The van der Waals surface area contributed by atoms with Gasteiger partial charge in [-0.15, -0.1) is 0 Å². The fourth-order valence-electron chi connectivity index (χ4n) is 1.90. The van der Waals surface area contributed by atoms with Crippen molar-refractivity contribution in [3.05, 3.63) is 29.8 Å². The molecule has 0 aliphatic carbocycles. The van der Waals surface area contributed by atoms with Gasteiger partial charge in [0.25, 0.3) is 0 Å². The maximum atomic E-state index is 11.9. The third kappa shape index (κ3) is 5.10. The molecule has 0 radical (unpaired) electrons. The molecule has 1 aromatic carbocycles. The highest BCUT2D eigenvalue weighted by molar-refractivity contribution is 5.92. The van der Waals surface area contributed by atoms with Crippen molar-refractivity contribution in [1.29, 1.82) is 0 Å². The summed E-state index contributed by atoms with van der Waals surface area (Å²) in [5.41, 5.74) is 1.25. The Morgan fingerprint density at radius 1 is 1.10 bits per heavy atom. The highest BCUT2D eigenvalue weighted by Gasteiger charge is 2.32. The molecule has 0 aliphatic rings. The number of urea groups is 1. The van der Waals surface area contributed by atoms with Gasteiger partial charge in [0, 0.05) is 5.69 Å². The van der Waals surface area contributed by atoms with Crippen molar-refractivity contribution in [2.45, 2.75) is 46.6 Å². The van der Waals surface area contributed by atoms with Crippen molar-refractivity contribution < 1.29 is 14.7 Å². The smallest absolute Gasteiger partial charge is 0.326 e. The Hall–Kier alpha value is -2.04. The van der Waals surface area contributed by atoms with Crippen LogP contribution in [0.5, 0.6) is 0 Å². The minimum atomic E-state index is -1.05. The van der Waals surface area contributed by atoms with Gasteiger partial charge in [-0.1, -0.05) is 46.8 Å². The fraction of sp³-hybridized carbons (Fsp3) is 0.500. The third-order valence-electron chi connectivity index (χ3n) is 3.22. The van der Waals surface area contributed by atoms with Gasteiger partial charge in [0.15, 0.2) is 0 Å². The van der Waals surface area contributed by atoms with E-state index in [1.165, 1.54) is 5.56 Å². The minimum Gasteiger partial charge on any atom is -0.480 e. The van der Waals surface area contributed by atoms with Crippen LogP contribution in [-0.4, -0.2) is 23.1 Å². The lowest BCUT2D eigenvalue weighted by Gasteiger charge is -2.27. The second-order valence-corrected chi connectivity index (χ2v) is 6.51. The van der Waals surface area contributed by atoms with Crippen molar-refractivity contribution >= 4 is 17.7 Å². The molecule has 21 heavy (non-hydrogen) atoms. The molecule has 116 valence electrons. The van der Waals surface area contributed by atoms with Gasteiger partial charge in [-0.3, -0.25) is 0 Å². The van der Waals surface area contributed by atoms with Crippen LogP contribution in [0.3, 0.4) is 0 Å². The largest absolute Gasteiger partial charge is 0.480 e. The molecule has 0 saturated carbocycles. The Morgan fingerprint density at radius 2 is 1.62 bits per heavy atom. The summed E-state index contributed by atoms with van der Waals surface area (Å²) in [4.78, 5) is 23.1. The molecule has 2 amide bonds. The van der Waals surface area contributed by atoms with E-state index in [2.05, 4.69) is 24.5 Å². The SMILES string of the molecule is CC(C)c1ccc(NC(=O)N[C@@H](C(=O)O)C(C)(C)C)cc1. The Morgan fingerprint density at radius 3 is 2.00 bits per heavy atom. The molecule has 0 fully saturated rings. The van der Waals surface area contributed by atoms with E-state index in [4.69, 9.17) is 0 Å². The van der Waals surface area contributed by atoms with E-state index in [0.29, 0.717) is 11.6 Å². The molecule has 0 spiro atoms. The zero-order valence-electron chi connectivity index (χ0n) is 13.2. The molecule has 0 aromatic heterocycles. The summed E-state index contributed by atoms with van der Waals surface area (Å²) >= 11 is 0. The molecular weight excluding hydrogens is 268 g/mol. The monoisotopic (exact) mass is 292 g/mol. The minimum absolute atomic E-state index is 0.421. The number of carbonyl (C=O) groups excluding carboxylic acids is 1. The number of rotatable bonds is 4. The van der Waals surface area contributed by atoms with Crippen molar-refractivity contribution in [2.24, 2.45) is 5.41 Å². The summed E-state index contributed by atoms with van der Waals surface area (Å²) in [5.74, 6) is -0.627. The number of amides is 2. The van der Waals surface area contributed by atoms with Gasteiger partial charge in [-0.25, -0.2) is 9.59 Å². The van der Waals surface area contributed by atoms with Crippen molar-refractivity contribution in [3.8, 4) is 0 Å². The van der Waals surface area contributed by atoms with E-state index in [1.807, 2.05) is 24.3 Å². The maximum Gasteiger partial charge on any atom is 0.326 e. The van der Waals surface area contributed by atoms with E-state index >= 15 is 0 Å². The van der Waals surface area contributed by atoms with Gasteiger partial charge in [0.1, 0.15) is 6.04 Å². The van der Waals surface area contributed by atoms with Crippen LogP contribution in [0.4, 0.5) is 10.5 Å². The van der Waals surface area contributed by atoms with Gasteiger partial charge >= 0.3 is 12.0 Å². The van der Waals surface area contributed by atoms with Crippen LogP contribution in [0.25, 0.3) is 0 Å². The van der Waals surface area contributed by atoms with Crippen molar-refractivity contribution in [1.82, 2.24) is 5.32 Å². The summed E-state index contributed by atoms with van der Waals surface area (Å²) < 4.78 is 0. The first-order valence-corrected chi connectivity index (χ1v) is 7.01. The highest BCUT2D eigenvalue weighted by Crippen LogP contribution is 2.20. The van der Waals surface area contributed by atoms with Crippen LogP contribution >= 0.6 is 0 Å². The number of carboxylic acid groups (broad SMARTS) is 1. The van der Waals surface area contributed by atoms with Crippen LogP contribution in [0.1, 0.15) is 46.1 Å². The molecule has 1 atom stereocenters. The number of carboxylic acids is 1. The van der Waals surface area contributed by atoms with E-state index in [0.717, 1.165) is 0 Å². The van der Waals surface area contributed by atoms with Crippen LogP contribution in [-0.2, 0) is 4.79 Å². The molecule has 5 heteroatoms. The van der Waals surface area contributed by atoms with Crippen LogP contribution < -0.4 is 10.6 Å². The summed E-state index contributed by atoms with van der Waals surface area (Å²) in [6.07, 6.45) is 0. The van der Waals surface area contributed by atoms with Crippen LogP contribution in [0.15, 0.2) is 24.3 Å². The molecule has 0 saturated heterocycles. The molecular formula is C16H24N2O3. The first-order valence-electron chi connectivity index (χ1n) is 7.01. The normalized spacial score (nSPS) is 12.9. The Bertz CT molecular complexity index is 501. The number of hydrogen-bond acceptors (Lipinski definition) is 2. The summed E-state index contributed by atoms with van der Waals surface area (Å²) in [6.45, 7) is 9.49. The van der Waals surface area contributed by atoms with Gasteiger partial charge in [0.05, 0.1) is 0 Å². The number of aliphatic carboxylic acids is 1. The number of anilines is 1. The zero-order chi connectivity index (χ0) is 16.2. The second-order valence-electron chi connectivity index (χ2n) is 6.51. The number of carbonyl (C=O) groups is 2. The lowest BCUT2D eigenvalue weighted by molar-refractivity contribution is -0.141. The van der Waals surface area contributed by atoms with Crippen LogP contribution in [0, 0.1) is 5.41 Å². The predicted molar refractivity (Wildman–Crippen MR) is 83.6 cm³/mol. The number of benzene rings is 1. The zero-order valence-corrected chi connectivity index (χ0v) is 13.2. The summed E-state index contributed by atoms with van der Waals surface area (Å²) in [5, 5.41) is 14.3. The third-order valence-corrected chi connectivity index (χ3v) is 3.22. The Labute approximate surface area is 125 Å². The molecule has 0 unspecified atom stereocenters. The highest BCUT2D eigenvalue weighted by atomic mass is 16.4. The van der Waals surface area contributed by atoms with Crippen molar-refractivity contribution in [2.75, 3.05) is 5.32 Å². The topological polar surface area (TPSA) is 78.4 Å². The first kappa shape index (κ1) is 17.0. The van der Waals surface area contributed by atoms with Crippen molar-refractivity contribution in [3.63, 3.8) is 0 Å². The summed E-state index contributed by atoms with van der Waals surface area (Å²) in [6, 6.07) is 6.03. The standard InChI is InChI=1S/C16H24N2O3/c1-10(2)11-6-8-12(9-7-11)17-15(21)18-13(14(19)20)16(3,4)5/h6-10,13H,1-5H3,(H,19,20)(H2,17,18,21)/t13-/m0/s1. The molecule has 0 heterocycles. The molecule has 0 bridgehead atoms. The quantitative estimate of drug-likeness (QED) is 0.795. The number of hydrogen-bond donors (Lipinski definition) is 3. The van der Waals surface area contributed by atoms with E-state index < -0.39 is 23.5 Å². The molecule has 3 N–H and O–H groups in total. The van der Waals surface area contributed by atoms with E-state index in [9.17, 15) is 14.7 Å². The maximum absolute atomic E-state index is 11.9. The lowest BCUT2D eigenvalue weighted by Crippen LogP contribution is -2.50. The lowest BCUT2D eigenvalue weighted by atomic mass is 9.87. The molecule has 5 nitrogen and oxygen atoms in total. The summed E-state index contributed by atoms with van der Waals surface area (Å²) in [7, 11) is 0. The Balaban J connectivity index is 2.70. The van der Waals surface area contributed by atoms with Gasteiger partial charge in [-0.05, 0) is 29.0 Å². The second kappa shape index (κ2) is 6.61. The predicted octanol–water partition coefficient (Wildman–Crippen LogP) is 3.43.